The second-order valence-corrected chi connectivity index (χ2v) is 9.16. The molecular formula is C26H28FN5O3. The number of nitrogens with zero attached hydrogens (tertiary/aromatic N) is 2. The highest BCUT2D eigenvalue weighted by Crippen LogP contribution is 2.51. The van der Waals surface area contributed by atoms with E-state index in [9.17, 15) is 14.0 Å². The van der Waals surface area contributed by atoms with Crippen molar-refractivity contribution < 1.29 is 13.9 Å². The Labute approximate surface area is 202 Å². The SMILES string of the molecule is Cc1ccc(C(=O)NC2CC2)cc1-n1ccnc(NC2(c3cccc(F)c3OCCN)CC2)c1=O. The van der Waals surface area contributed by atoms with Gasteiger partial charge in [0.2, 0.25) is 0 Å². The predicted molar refractivity (Wildman–Crippen MR) is 131 cm³/mol. The highest BCUT2D eigenvalue weighted by atomic mass is 19.1. The summed E-state index contributed by atoms with van der Waals surface area (Å²) in [7, 11) is 0. The van der Waals surface area contributed by atoms with Gasteiger partial charge in [0.15, 0.2) is 17.4 Å². The highest BCUT2D eigenvalue weighted by Gasteiger charge is 2.47. The summed E-state index contributed by atoms with van der Waals surface area (Å²) in [5.74, 6) is -0.336. The quantitative estimate of drug-likeness (QED) is 0.437. The van der Waals surface area contributed by atoms with Crippen LogP contribution in [0.3, 0.4) is 0 Å². The van der Waals surface area contributed by atoms with Crippen LogP contribution >= 0.6 is 0 Å². The van der Waals surface area contributed by atoms with Gasteiger partial charge in [-0.3, -0.25) is 14.2 Å². The second kappa shape index (κ2) is 9.14. The summed E-state index contributed by atoms with van der Waals surface area (Å²) in [6.45, 7) is 2.33. The van der Waals surface area contributed by atoms with E-state index in [-0.39, 0.29) is 42.2 Å². The van der Waals surface area contributed by atoms with Crippen LogP contribution in [0.25, 0.3) is 5.69 Å². The Kier molecular flexibility index (Phi) is 6.02. The molecule has 2 aliphatic carbocycles. The maximum atomic E-state index is 14.6. The van der Waals surface area contributed by atoms with Gasteiger partial charge in [0, 0.05) is 36.1 Å². The van der Waals surface area contributed by atoms with Gasteiger partial charge >= 0.3 is 0 Å². The van der Waals surface area contributed by atoms with Crippen molar-refractivity contribution in [3.05, 3.63) is 81.7 Å². The van der Waals surface area contributed by atoms with Crippen LogP contribution in [0.5, 0.6) is 5.75 Å². The van der Waals surface area contributed by atoms with E-state index in [0.717, 1.165) is 18.4 Å². The predicted octanol–water partition coefficient (Wildman–Crippen LogP) is 3.01. The Morgan fingerprint density at radius 1 is 1.29 bits per heavy atom. The fourth-order valence-corrected chi connectivity index (χ4v) is 4.20. The molecule has 1 aromatic heterocycles. The molecule has 0 radical (unpaired) electrons. The van der Waals surface area contributed by atoms with Crippen LogP contribution < -0.4 is 26.7 Å². The number of para-hydroxylation sites is 1. The lowest BCUT2D eigenvalue weighted by atomic mass is 10.0. The molecule has 2 aliphatic rings. The first-order valence-corrected chi connectivity index (χ1v) is 11.8. The minimum atomic E-state index is -0.654. The lowest BCUT2D eigenvalue weighted by Gasteiger charge is -2.22. The number of ether oxygens (including phenoxy) is 1. The molecule has 8 nitrogen and oxygen atoms in total. The number of amides is 1. The molecule has 1 heterocycles. The molecular weight excluding hydrogens is 449 g/mol. The Morgan fingerprint density at radius 3 is 2.80 bits per heavy atom. The molecule has 2 aromatic carbocycles. The van der Waals surface area contributed by atoms with E-state index in [0.29, 0.717) is 29.7 Å². The van der Waals surface area contributed by atoms with Gasteiger partial charge in [0.1, 0.15) is 6.61 Å². The summed E-state index contributed by atoms with van der Waals surface area (Å²) in [6.07, 6.45) is 6.50. The number of rotatable bonds is 9. The molecule has 5 rings (SSSR count). The lowest BCUT2D eigenvalue weighted by Crippen LogP contribution is -2.30. The summed E-state index contributed by atoms with van der Waals surface area (Å²) in [5.41, 5.74) is 7.11. The Bertz CT molecular complexity index is 1330. The van der Waals surface area contributed by atoms with Crippen LogP contribution in [-0.4, -0.2) is 34.7 Å². The van der Waals surface area contributed by atoms with Gasteiger partial charge in [0.05, 0.1) is 11.2 Å². The molecule has 9 heteroatoms. The number of anilines is 1. The standard InChI is InChI=1S/C26H28FN5O3/c1-16-5-6-17(24(33)30-18-7-8-18)15-21(16)32-13-12-29-23(25(32)34)31-26(9-10-26)19-3-2-4-20(27)22(19)35-14-11-28/h2-6,12-13,15,18H,7-11,14,28H2,1H3,(H,29,31)(H,30,33). The van der Waals surface area contributed by atoms with Gasteiger partial charge in [-0.1, -0.05) is 18.2 Å². The highest BCUT2D eigenvalue weighted by molar-refractivity contribution is 5.95. The third kappa shape index (κ3) is 4.64. The third-order valence-electron chi connectivity index (χ3n) is 6.44. The van der Waals surface area contributed by atoms with Crippen molar-refractivity contribution in [2.45, 2.75) is 44.2 Å². The summed E-state index contributed by atoms with van der Waals surface area (Å²) < 4.78 is 21.6. The summed E-state index contributed by atoms with van der Waals surface area (Å²) in [4.78, 5) is 30.3. The van der Waals surface area contributed by atoms with E-state index in [1.54, 1.807) is 30.5 Å². The van der Waals surface area contributed by atoms with E-state index in [2.05, 4.69) is 15.6 Å². The number of aryl methyl sites for hydroxylation is 1. The van der Waals surface area contributed by atoms with Gasteiger partial charge in [-0.15, -0.1) is 0 Å². The first-order chi connectivity index (χ1) is 16.9. The zero-order valence-corrected chi connectivity index (χ0v) is 19.5. The smallest absolute Gasteiger partial charge is 0.297 e. The molecule has 4 N–H and O–H groups in total. The van der Waals surface area contributed by atoms with Crippen LogP contribution in [0.4, 0.5) is 10.2 Å². The number of nitrogens with two attached hydrogens (primary N) is 1. The molecule has 182 valence electrons. The van der Waals surface area contributed by atoms with Gasteiger partial charge in [-0.05, 0) is 56.4 Å². The number of carbonyl (C=O) groups excluding carboxylic acids is 1. The summed E-state index contributed by atoms with van der Waals surface area (Å²) >= 11 is 0. The molecule has 3 aromatic rings. The number of hydrogen-bond donors (Lipinski definition) is 3. The van der Waals surface area contributed by atoms with Crippen LogP contribution in [0, 0.1) is 12.7 Å². The topological polar surface area (TPSA) is 111 Å². The van der Waals surface area contributed by atoms with Crippen molar-refractivity contribution in [2.75, 3.05) is 18.5 Å². The largest absolute Gasteiger partial charge is 0.489 e. The van der Waals surface area contributed by atoms with E-state index >= 15 is 0 Å². The van der Waals surface area contributed by atoms with Crippen molar-refractivity contribution in [1.29, 1.82) is 0 Å². The zero-order chi connectivity index (χ0) is 24.6. The summed E-state index contributed by atoms with van der Waals surface area (Å²) in [5, 5.41) is 6.23. The molecule has 2 saturated carbocycles. The molecule has 0 bridgehead atoms. The van der Waals surface area contributed by atoms with E-state index in [1.165, 1.54) is 16.8 Å². The van der Waals surface area contributed by atoms with Crippen molar-refractivity contribution in [3.8, 4) is 11.4 Å². The normalized spacial score (nSPS) is 16.0. The Hall–Kier alpha value is -3.72. The first kappa shape index (κ1) is 23.0. The zero-order valence-electron chi connectivity index (χ0n) is 19.5. The third-order valence-corrected chi connectivity index (χ3v) is 6.44. The maximum absolute atomic E-state index is 14.6. The lowest BCUT2D eigenvalue weighted by molar-refractivity contribution is 0.0951. The number of hydrogen-bond acceptors (Lipinski definition) is 6. The molecule has 0 unspecified atom stereocenters. The van der Waals surface area contributed by atoms with Crippen molar-refractivity contribution >= 4 is 11.7 Å². The van der Waals surface area contributed by atoms with Crippen molar-refractivity contribution in [3.63, 3.8) is 0 Å². The first-order valence-electron chi connectivity index (χ1n) is 11.8. The molecule has 0 aliphatic heterocycles. The van der Waals surface area contributed by atoms with Gasteiger partial charge in [-0.2, -0.15) is 0 Å². The second-order valence-electron chi connectivity index (χ2n) is 9.16. The van der Waals surface area contributed by atoms with E-state index in [4.69, 9.17) is 10.5 Å². The van der Waals surface area contributed by atoms with Crippen LogP contribution in [0.2, 0.25) is 0 Å². The Balaban J connectivity index is 1.47. The fraction of sp³-hybridized carbons (Fsp3) is 0.346. The van der Waals surface area contributed by atoms with Gasteiger partial charge < -0.3 is 21.1 Å². The Morgan fingerprint density at radius 2 is 2.09 bits per heavy atom. The minimum Gasteiger partial charge on any atom is -0.489 e. The van der Waals surface area contributed by atoms with E-state index < -0.39 is 11.4 Å². The van der Waals surface area contributed by atoms with Crippen LogP contribution in [-0.2, 0) is 5.54 Å². The molecule has 0 spiro atoms. The van der Waals surface area contributed by atoms with Gasteiger partial charge in [-0.25, -0.2) is 9.37 Å². The number of aromatic nitrogens is 2. The van der Waals surface area contributed by atoms with Crippen molar-refractivity contribution in [2.24, 2.45) is 5.73 Å². The average Bonchev–Trinajstić information content (AvgIpc) is 3.78. The minimum absolute atomic E-state index is 0.143. The molecule has 0 atom stereocenters. The fourth-order valence-electron chi connectivity index (χ4n) is 4.20. The molecule has 0 saturated heterocycles. The monoisotopic (exact) mass is 477 g/mol. The number of benzene rings is 2. The molecule has 2 fully saturated rings. The summed E-state index contributed by atoms with van der Waals surface area (Å²) in [6, 6.07) is 10.3. The van der Waals surface area contributed by atoms with Gasteiger partial charge in [0.25, 0.3) is 11.5 Å². The van der Waals surface area contributed by atoms with Crippen molar-refractivity contribution in [1.82, 2.24) is 14.9 Å². The molecule has 1 amide bonds. The van der Waals surface area contributed by atoms with E-state index in [1.807, 2.05) is 13.0 Å². The maximum Gasteiger partial charge on any atom is 0.297 e. The van der Waals surface area contributed by atoms with Crippen LogP contribution in [0.1, 0.15) is 47.2 Å². The average molecular weight is 478 g/mol. The number of halogens is 1. The number of nitrogens with one attached hydrogen (secondary N) is 2. The number of carbonyl (C=O) groups is 1. The molecule has 35 heavy (non-hydrogen) atoms. The van der Waals surface area contributed by atoms with Crippen LogP contribution in [0.15, 0.2) is 53.6 Å².